The van der Waals surface area contributed by atoms with E-state index in [1.807, 2.05) is 30.5 Å². The molecular formula is C19H19N3O3S2. The topological polar surface area (TPSA) is 77.5 Å². The minimum atomic E-state index is -0.415. The van der Waals surface area contributed by atoms with Crippen molar-refractivity contribution in [2.75, 3.05) is 5.75 Å². The molecule has 0 aliphatic rings. The lowest BCUT2D eigenvalue weighted by Crippen LogP contribution is -2.16. The molecule has 1 aromatic heterocycles. The highest BCUT2D eigenvalue weighted by atomic mass is 32.2. The van der Waals surface area contributed by atoms with Gasteiger partial charge in [0, 0.05) is 35.7 Å². The van der Waals surface area contributed by atoms with Gasteiger partial charge in [0.25, 0.3) is 5.69 Å². The first kappa shape index (κ1) is 19.3. The molecule has 8 heteroatoms. The molecule has 1 amide bonds. The van der Waals surface area contributed by atoms with Crippen LogP contribution in [-0.4, -0.2) is 21.2 Å². The lowest BCUT2D eigenvalue weighted by atomic mass is 10.2. The minimum Gasteiger partial charge on any atom is -0.316 e. The number of amides is 1. The number of thiazole rings is 1. The Kier molecular flexibility index (Phi) is 6.08. The van der Waals surface area contributed by atoms with Crippen molar-refractivity contribution in [1.82, 2.24) is 4.57 Å². The highest BCUT2D eigenvalue weighted by Crippen LogP contribution is 2.23. The van der Waals surface area contributed by atoms with Gasteiger partial charge in [0.1, 0.15) is 0 Å². The van der Waals surface area contributed by atoms with E-state index in [1.54, 1.807) is 17.8 Å². The van der Waals surface area contributed by atoms with Crippen LogP contribution < -0.4 is 4.80 Å². The summed E-state index contributed by atoms with van der Waals surface area (Å²) in [6.07, 6.45) is 0.344. The maximum atomic E-state index is 12.3. The Bertz CT molecular complexity index is 1050. The second-order valence-electron chi connectivity index (χ2n) is 5.96. The Balaban J connectivity index is 1.76. The number of aromatic nitrogens is 1. The van der Waals surface area contributed by atoms with Gasteiger partial charge < -0.3 is 4.57 Å². The van der Waals surface area contributed by atoms with E-state index in [9.17, 15) is 14.9 Å². The SMILES string of the molecule is CCn1c(=NC(=O)CCSc2ccc(C)cc2)sc2ccc([N+](=O)[O-])cc21. The summed E-state index contributed by atoms with van der Waals surface area (Å²) in [6.45, 7) is 4.56. The predicted octanol–water partition coefficient (Wildman–Crippen LogP) is 4.55. The van der Waals surface area contributed by atoms with E-state index in [-0.39, 0.29) is 11.6 Å². The summed E-state index contributed by atoms with van der Waals surface area (Å²) in [4.78, 5) is 28.8. The first-order valence-corrected chi connectivity index (χ1v) is 10.3. The second-order valence-corrected chi connectivity index (χ2v) is 8.13. The molecule has 0 unspecified atom stereocenters. The number of hydrogen-bond acceptors (Lipinski definition) is 5. The monoisotopic (exact) mass is 401 g/mol. The molecule has 0 aliphatic heterocycles. The molecule has 0 N–H and O–H groups in total. The van der Waals surface area contributed by atoms with E-state index in [1.165, 1.54) is 29.0 Å². The molecule has 1 heterocycles. The van der Waals surface area contributed by atoms with Crippen LogP contribution in [0, 0.1) is 17.0 Å². The largest absolute Gasteiger partial charge is 0.316 e. The molecule has 3 rings (SSSR count). The van der Waals surface area contributed by atoms with Gasteiger partial charge in [-0.05, 0) is 32.0 Å². The van der Waals surface area contributed by atoms with Gasteiger partial charge in [-0.15, -0.1) is 11.8 Å². The molecular weight excluding hydrogens is 382 g/mol. The quantitative estimate of drug-likeness (QED) is 0.345. The van der Waals surface area contributed by atoms with E-state index < -0.39 is 4.92 Å². The number of fused-ring (bicyclic) bond motifs is 1. The Morgan fingerprint density at radius 1 is 1.26 bits per heavy atom. The number of rotatable bonds is 6. The third-order valence-electron chi connectivity index (χ3n) is 4.02. The minimum absolute atomic E-state index is 0.0369. The molecule has 0 spiro atoms. The fourth-order valence-electron chi connectivity index (χ4n) is 2.62. The van der Waals surface area contributed by atoms with Crippen LogP contribution in [0.2, 0.25) is 0 Å². The summed E-state index contributed by atoms with van der Waals surface area (Å²) in [5, 5.41) is 11.0. The van der Waals surface area contributed by atoms with Crippen LogP contribution in [-0.2, 0) is 11.3 Å². The molecule has 27 heavy (non-hydrogen) atoms. The van der Waals surface area contributed by atoms with Gasteiger partial charge in [0.15, 0.2) is 4.80 Å². The molecule has 0 bridgehead atoms. The number of nitro groups is 1. The average Bonchev–Trinajstić information content (AvgIpc) is 2.99. The van der Waals surface area contributed by atoms with Gasteiger partial charge in [-0.25, -0.2) is 0 Å². The Morgan fingerprint density at radius 3 is 2.67 bits per heavy atom. The third-order valence-corrected chi connectivity index (χ3v) is 6.09. The first-order chi connectivity index (χ1) is 13.0. The Morgan fingerprint density at radius 2 is 2.00 bits per heavy atom. The lowest BCUT2D eigenvalue weighted by molar-refractivity contribution is -0.384. The maximum Gasteiger partial charge on any atom is 0.271 e. The van der Waals surface area contributed by atoms with E-state index in [4.69, 9.17) is 0 Å². The standard InChI is InChI=1S/C19H19N3O3S2/c1-3-21-16-12-14(22(24)25)6-9-17(16)27-19(21)20-18(23)10-11-26-15-7-4-13(2)5-8-15/h4-9,12H,3,10-11H2,1-2H3. The second kappa shape index (κ2) is 8.49. The molecule has 140 valence electrons. The van der Waals surface area contributed by atoms with Crippen LogP contribution in [0.5, 0.6) is 0 Å². The summed E-state index contributed by atoms with van der Waals surface area (Å²) < 4.78 is 2.72. The summed E-state index contributed by atoms with van der Waals surface area (Å²) in [7, 11) is 0. The van der Waals surface area contributed by atoms with Crippen molar-refractivity contribution in [1.29, 1.82) is 0 Å². The number of carbonyl (C=O) groups is 1. The molecule has 0 fully saturated rings. The number of aryl methyl sites for hydroxylation is 2. The van der Waals surface area contributed by atoms with Gasteiger partial charge in [0.05, 0.1) is 15.1 Å². The molecule has 0 saturated carbocycles. The van der Waals surface area contributed by atoms with Gasteiger partial charge in [-0.3, -0.25) is 14.9 Å². The number of thioether (sulfide) groups is 1. The summed E-state index contributed by atoms with van der Waals surface area (Å²) >= 11 is 3.00. The summed E-state index contributed by atoms with van der Waals surface area (Å²) in [5.41, 5.74) is 1.98. The highest BCUT2D eigenvalue weighted by Gasteiger charge is 2.12. The zero-order valence-electron chi connectivity index (χ0n) is 15.0. The molecule has 0 atom stereocenters. The molecule has 0 saturated heterocycles. The van der Waals surface area contributed by atoms with E-state index in [0.29, 0.717) is 23.5 Å². The van der Waals surface area contributed by atoms with Crippen LogP contribution in [0.25, 0.3) is 10.2 Å². The summed E-state index contributed by atoms with van der Waals surface area (Å²) in [5.74, 6) is 0.478. The number of non-ortho nitro benzene ring substituents is 1. The fraction of sp³-hybridized carbons (Fsp3) is 0.263. The molecule has 6 nitrogen and oxygen atoms in total. The summed E-state index contributed by atoms with van der Waals surface area (Å²) in [6, 6.07) is 12.9. The molecule has 2 aromatic carbocycles. The van der Waals surface area contributed by atoms with Crippen LogP contribution >= 0.6 is 23.1 Å². The van der Waals surface area contributed by atoms with Gasteiger partial charge in [0.2, 0.25) is 5.91 Å². The zero-order valence-corrected chi connectivity index (χ0v) is 16.7. The number of nitrogens with zero attached hydrogens (tertiary/aromatic N) is 3. The molecule has 0 radical (unpaired) electrons. The Hall–Kier alpha value is -2.45. The van der Waals surface area contributed by atoms with E-state index in [0.717, 1.165) is 15.1 Å². The lowest BCUT2D eigenvalue weighted by Gasteiger charge is -2.01. The average molecular weight is 402 g/mol. The highest BCUT2D eigenvalue weighted by molar-refractivity contribution is 7.99. The number of nitro benzene ring substituents is 1. The van der Waals surface area contributed by atoms with Crippen molar-refractivity contribution in [3.63, 3.8) is 0 Å². The maximum absolute atomic E-state index is 12.3. The number of carbonyl (C=O) groups excluding carboxylic acids is 1. The smallest absolute Gasteiger partial charge is 0.271 e. The van der Waals surface area contributed by atoms with Crippen LogP contribution in [0.1, 0.15) is 18.9 Å². The van der Waals surface area contributed by atoms with Crippen LogP contribution in [0.3, 0.4) is 0 Å². The van der Waals surface area contributed by atoms with Crippen molar-refractivity contribution < 1.29 is 9.72 Å². The Labute approximate surface area is 164 Å². The van der Waals surface area contributed by atoms with Gasteiger partial charge in [-0.1, -0.05) is 29.0 Å². The van der Waals surface area contributed by atoms with Crippen molar-refractivity contribution in [3.8, 4) is 0 Å². The van der Waals surface area contributed by atoms with Crippen molar-refractivity contribution >= 4 is 44.9 Å². The number of hydrogen-bond donors (Lipinski definition) is 0. The third kappa shape index (κ3) is 4.64. The van der Waals surface area contributed by atoms with Gasteiger partial charge >= 0.3 is 0 Å². The van der Waals surface area contributed by atoms with E-state index >= 15 is 0 Å². The normalized spacial score (nSPS) is 11.9. The fourth-order valence-corrected chi connectivity index (χ4v) is 4.55. The van der Waals surface area contributed by atoms with Crippen molar-refractivity contribution in [2.45, 2.75) is 31.7 Å². The van der Waals surface area contributed by atoms with Crippen molar-refractivity contribution in [2.24, 2.45) is 4.99 Å². The first-order valence-electron chi connectivity index (χ1n) is 8.52. The zero-order chi connectivity index (χ0) is 19.4. The van der Waals surface area contributed by atoms with Crippen LogP contribution in [0.15, 0.2) is 52.4 Å². The van der Waals surface area contributed by atoms with E-state index in [2.05, 4.69) is 17.1 Å². The molecule has 3 aromatic rings. The van der Waals surface area contributed by atoms with Crippen LogP contribution in [0.4, 0.5) is 5.69 Å². The van der Waals surface area contributed by atoms with Gasteiger partial charge in [-0.2, -0.15) is 4.99 Å². The van der Waals surface area contributed by atoms with Crippen molar-refractivity contribution in [3.05, 3.63) is 62.9 Å². The number of benzene rings is 2. The molecule has 0 aliphatic carbocycles. The predicted molar refractivity (Wildman–Crippen MR) is 109 cm³/mol.